The van der Waals surface area contributed by atoms with Crippen LogP contribution >= 0.6 is 0 Å². The molecule has 2 rings (SSSR count). The Morgan fingerprint density at radius 3 is 2.88 bits per heavy atom. The fourth-order valence-corrected chi connectivity index (χ4v) is 2.13. The van der Waals surface area contributed by atoms with Crippen molar-refractivity contribution in [1.82, 2.24) is 4.57 Å². The molecule has 1 N–H and O–H groups in total. The Kier molecular flexibility index (Phi) is 3.47. The number of nitrogens with zero attached hydrogens (tertiary/aromatic N) is 1. The molecule has 0 amide bonds. The Morgan fingerprint density at radius 1 is 1.29 bits per heavy atom. The van der Waals surface area contributed by atoms with Gasteiger partial charge >= 0.3 is 5.97 Å². The predicted molar refractivity (Wildman–Crippen MR) is 68.2 cm³/mol. The standard InChI is InChI=1S/C14H17NO2/c1-11-5-4-6-13-12(11)8-10-15(13)9-3-2-7-14(16)17/h4-6,8,10H,2-3,7,9H2,1H3,(H,16,17). The zero-order valence-corrected chi connectivity index (χ0v) is 10.0. The van der Waals surface area contributed by atoms with Crippen LogP contribution in [0.3, 0.4) is 0 Å². The monoisotopic (exact) mass is 231 g/mol. The van der Waals surface area contributed by atoms with Gasteiger partial charge < -0.3 is 9.67 Å². The summed E-state index contributed by atoms with van der Waals surface area (Å²) in [6.07, 6.45) is 3.99. The van der Waals surface area contributed by atoms with E-state index >= 15 is 0 Å². The highest BCUT2D eigenvalue weighted by Crippen LogP contribution is 2.20. The zero-order chi connectivity index (χ0) is 12.3. The van der Waals surface area contributed by atoms with Crippen molar-refractivity contribution in [2.45, 2.75) is 32.7 Å². The summed E-state index contributed by atoms with van der Waals surface area (Å²) in [6, 6.07) is 8.41. The van der Waals surface area contributed by atoms with E-state index in [-0.39, 0.29) is 6.42 Å². The molecule has 0 radical (unpaired) electrons. The van der Waals surface area contributed by atoms with Crippen LogP contribution in [0.1, 0.15) is 24.8 Å². The summed E-state index contributed by atoms with van der Waals surface area (Å²) >= 11 is 0. The number of unbranched alkanes of at least 4 members (excludes halogenated alkanes) is 1. The first-order valence-corrected chi connectivity index (χ1v) is 5.95. The van der Waals surface area contributed by atoms with Crippen molar-refractivity contribution in [3.8, 4) is 0 Å². The van der Waals surface area contributed by atoms with Crippen molar-refractivity contribution in [3.63, 3.8) is 0 Å². The number of hydrogen-bond donors (Lipinski definition) is 1. The Balaban J connectivity index is 2.04. The smallest absolute Gasteiger partial charge is 0.303 e. The van der Waals surface area contributed by atoms with Gasteiger partial charge in [0.25, 0.3) is 0 Å². The lowest BCUT2D eigenvalue weighted by molar-refractivity contribution is -0.137. The molecule has 0 atom stereocenters. The molecule has 0 aliphatic heterocycles. The fourth-order valence-electron chi connectivity index (χ4n) is 2.13. The third kappa shape index (κ3) is 2.67. The van der Waals surface area contributed by atoms with Crippen molar-refractivity contribution >= 4 is 16.9 Å². The Hall–Kier alpha value is -1.77. The SMILES string of the molecule is Cc1cccc2c1ccn2CCCCC(=O)O. The van der Waals surface area contributed by atoms with Gasteiger partial charge in [0.15, 0.2) is 0 Å². The molecule has 1 heterocycles. The average molecular weight is 231 g/mol. The molecule has 0 aliphatic rings. The highest BCUT2D eigenvalue weighted by molar-refractivity contribution is 5.83. The fraction of sp³-hybridized carbons (Fsp3) is 0.357. The first kappa shape index (κ1) is 11.7. The second-order valence-electron chi connectivity index (χ2n) is 4.37. The van der Waals surface area contributed by atoms with Gasteiger partial charge in [0.2, 0.25) is 0 Å². The number of carboxylic acid groups (broad SMARTS) is 1. The summed E-state index contributed by atoms with van der Waals surface area (Å²) in [5, 5.41) is 9.86. The Morgan fingerprint density at radius 2 is 2.12 bits per heavy atom. The lowest BCUT2D eigenvalue weighted by Gasteiger charge is -2.05. The molecule has 0 unspecified atom stereocenters. The van der Waals surface area contributed by atoms with Gasteiger partial charge in [-0.1, -0.05) is 12.1 Å². The minimum Gasteiger partial charge on any atom is -0.481 e. The summed E-state index contributed by atoms with van der Waals surface area (Å²) in [6.45, 7) is 3.00. The summed E-state index contributed by atoms with van der Waals surface area (Å²) < 4.78 is 2.20. The van der Waals surface area contributed by atoms with E-state index in [1.165, 1.54) is 16.5 Å². The van der Waals surface area contributed by atoms with Crippen LogP contribution in [0.5, 0.6) is 0 Å². The van der Waals surface area contributed by atoms with Crippen LogP contribution in [0.2, 0.25) is 0 Å². The molecule has 1 aromatic heterocycles. The van der Waals surface area contributed by atoms with Crippen LogP contribution in [-0.2, 0) is 11.3 Å². The molecule has 0 spiro atoms. The van der Waals surface area contributed by atoms with Crippen LogP contribution in [0.4, 0.5) is 0 Å². The molecular formula is C14H17NO2. The van der Waals surface area contributed by atoms with E-state index in [4.69, 9.17) is 5.11 Å². The highest BCUT2D eigenvalue weighted by atomic mass is 16.4. The molecule has 2 aromatic rings. The van der Waals surface area contributed by atoms with E-state index in [2.05, 4.69) is 42.0 Å². The van der Waals surface area contributed by atoms with E-state index in [9.17, 15) is 4.79 Å². The number of carbonyl (C=O) groups is 1. The molecule has 17 heavy (non-hydrogen) atoms. The van der Waals surface area contributed by atoms with Gasteiger partial charge in [-0.25, -0.2) is 0 Å². The topological polar surface area (TPSA) is 42.2 Å². The van der Waals surface area contributed by atoms with Gasteiger partial charge in [-0.3, -0.25) is 4.79 Å². The number of aliphatic carboxylic acids is 1. The van der Waals surface area contributed by atoms with Crippen molar-refractivity contribution in [2.24, 2.45) is 0 Å². The molecule has 3 nitrogen and oxygen atoms in total. The third-order valence-electron chi connectivity index (χ3n) is 3.07. The molecule has 0 saturated carbocycles. The van der Waals surface area contributed by atoms with E-state index in [1.807, 2.05) is 0 Å². The Bertz CT molecular complexity index is 528. The number of hydrogen-bond acceptors (Lipinski definition) is 1. The minimum absolute atomic E-state index is 0.262. The lowest BCUT2D eigenvalue weighted by Crippen LogP contribution is -1.99. The van der Waals surface area contributed by atoms with Crippen molar-refractivity contribution in [1.29, 1.82) is 0 Å². The second kappa shape index (κ2) is 5.04. The van der Waals surface area contributed by atoms with Gasteiger partial charge in [0, 0.05) is 30.1 Å². The van der Waals surface area contributed by atoms with E-state index in [1.54, 1.807) is 0 Å². The molecule has 90 valence electrons. The van der Waals surface area contributed by atoms with Crippen molar-refractivity contribution in [2.75, 3.05) is 0 Å². The quantitative estimate of drug-likeness (QED) is 0.803. The maximum atomic E-state index is 10.4. The minimum atomic E-state index is -0.710. The van der Waals surface area contributed by atoms with Gasteiger partial charge in [-0.05, 0) is 37.5 Å². The number of rotatable bonds is 5. The maximum absolute atomic E-state index is 10.4. The van der Waals surface area contributed by atoms with Crippen LogP contribution < -0.4 is 0 Å². The third-order valence-corrected chi connectivity index (χ3v) is 3.07. The van der Waals surface area contributed by atoms with Gasteiger partial charge in [-0.2, -0.15) is 0 Å². The molecule has 0 fully saturated rings. The molecular weight excluding hydrogens is 214 g/mol. The largest absolute Gasteiger partial charge is 0.481 e. The molecule has 0 bridgehead atoms. The normalized spacial score (nSPS) is 10.9. The van der Waals surface area contributed by atoms with E-state index < -0.39 is 5.97 Å². The zero-order valence-electron chi connectivity index (χ0n) is 10.0. The first-order valence-electron chi connectivity index (χ1n) is 5.95. The van der Waals surface area contributed by atoms with E-state index in [0.29, 0.717) is 0 Å². The summed E-state index contributed by atoms with van der Waals surface area (Å²) in [5.74, 6) is -0.710. The van der Waals surface area contributed by atoms with Crippen LogP contribution in [0, 0.1) is 6.92 Å². The van der Waals surface area contributed by atoms with Crippen LogP contribution in [-0.4, -0.2) is 15.6 Å². The van der Waals surface area contributed by atoms with Gasteiger partial charge in [0.1, 0.15) is 0 Å². The maximum Gasteiger partial charge on any atom is 0.303 e. The number of fused-ring (bicyclic) bond motifs is 1. The van der Waals surface area contributed by atoms with Crippen molar-refractivity contribution < 1.29 is 9.90 Å². The number of aromatic nitrogens is 1. The first-order chi connectivity index (χ1) is 8.18. The van der Waals surface area contributed by atoms with E-state index in [0.717, 1.165) is 19.4 Å². The lowest BCUT2D eigenvalue weighted by atomic mass is 10.1. The second-order valence-corrected chi connectivity index (χ2v) is 4.37. The Labute approximate surface area is 101 Å². The van der Waals surface area contributed by atoms with Crippen LogP contribution in [0.15, 0.2) is 30.5 Å². The predicted octanol–water partition coefficient (Wildman–Crippen LogP) is 3.20. The number of aryl methyl sites for hydroxylation is 2. The molecule has 1 aromatic carbocycles. The molecule has 0 aliphatic carbocycles. The number of benzene rings is 1. The van der Waals surface area contributed by atoms with Crippen LogP contribution in [0.25, 0.3) is 10.9 Å². The molecule has 0 saturated heterocycles. The van der Waals surface area contributed by atoms with Gasteiger partial charge in [-0.15, -0.1) is 0 Å². The summed E-state index contributed by atoms with van der Waals surface area (Å²) in [4.78, 5) is 10.4. The highest BCUT2D eigenvalue weighted by Gasteiger charge is 2.03. The average Bonchev–Trinajstić information content (AvgIpc) is 2.69. The molecule has 3 heteroatoms. The summed E-state index contributed by atoms with van der Waals surface area (Å²) in [7, 11) is 0. The van der Waals surface area contributed by atoms with Gasteiger partial charge in [0.05, 0.1) is 0 Å². The van der Waals surface area contributed by atoms with Crippen molar-refractivity contribution in [3.05, 3.63) is 36.0 Å². The number of carboxylic acids is 1. The summed E-state index contributed by atoms with van der Waals surface area (Å²) in [5.41, 5.74) is 2.52.